The van der Waals surface area contributed by atoms with Crippen molar-refractivity contribution in [2.24, 2.45) is 29.1 Å². The van der Waals surface area contributed by atoms with Crippen molar-refractivity contribution in [2.45, 2.75) is 76.3 Å². The van der Waals surface area contributed by atoms with Gasteiger partial charge in [0.2, 0.25) is 5.39 Å². The third-order valence-corrected chi connectivity index (χ3v) is 13.1. The first kappa shape index (κ1) is 34.3. The van der Waals surface area contributed by atoms with Crippen molar-refractivity contribution in [3.63, 3.8) is 0 Å². The zero-order valence-electron chi connectivity index (χ0n) is 29.7. The Bertz CT molecular complexity index is 2290. The number of Topliss-reactive ketones (excluding diaryl/α,β-unsaturated/α-hetero) is 1. The number of aliphatic hydroxyl groups is 4. The molecule has 10 heteroatoms. The number of rotatable bonds is 8. The molecule has 268 valence electrons. The molecule has 2 saturated carbocycles. The summed E-state index contributed by atoms with van der Waals surface area (Å²) in [5, 5.41) is 62.3. The predicted molar refractivity (Wildman–Crippen MR) is 194 cm³/mol. The van der Waals surface area contributed by atoms with Crippen molar-refractivity contribution in [3.8, 4) is 0 Å². The Hall–Kier alpha value is -4.82. The number of diazo groups is 1. The molecule has 4 aliphatic carbocycles. The first-order chi connectivity index (χ1) is 24.7. The van der Waals surface area contributed by atoms with Crippen LogP contribution in [-0.2, 0) is 25.5 Å². The van der Waals surface area contributed by atoms with Crippen LogP contribution in [0.1, 0.15) is 52.5 Å². The average molecular weight is 704 g/mol. The number of ether oxygens (including phenoxy) is 2. The van der Waals surface area contributed by atoms with Gasteiger partial charge in [-0.3, -0.25) is 9.59 Å². The van der Waals surface area contributed by atoms with E-state index in [0.29, 0.717) is 24.0 Å². The minimum Gasteiger partial charge on any atom is -0.476 e. The highest BCUT2D eigenvalue weighted by molar-refractivity contribution is 6.23. The summed E-state index contributed by atoms with van der Waals surface area (Å²) >= 11 is 0. The third-order valence-electron chi connectivity index (χ3n) is 13.1. The van der Waals surface area contributed by atoms with Gasteiger partial charge in [-0.15, -0.1) is 0 Å². The number of carbonyl (C=O) groups is 2. The lowest BCUT2D eigenvalue weighted by molar-refractivity contribution is -0.228. The molecule has 4 aliphatic rings. The molecule has 0 saturated heterocycles. The van der Waals surface area contributed by atoms with E-state index in [1.165, 1.54) is 21.5 Å². The Morgan fingerprint density at radius 2 is 1.69 bits per heavy atom. The van der Waals surface area contributed by atoms with Crippen LogP contribution in [0.3, 0.4) is 0 Å². The molecule has 0 heterocycles. The van der Waals surface area contributed by atoms with Crippen LogP contribution < -0.4 is 0 Å². The molecule has 4 N–H and O–H groups in total. The lowest BCUT2D eigenvalue weighted by Gasteiger charge is -2.53. The number of hydrogen-bond acceptors (Lipinski definition) is 9. The Labute approximate surface area is 301 Å². The molecule has 0 radical (unpaired) electrons. The molecule has 4 aromatic carbocycles. The number of benzene rings is 4. The van der Waals surface area contributed by atoms with Crippen LogP contribution in [0.4, 0.5) is 0 Å². The van der Waals surface area contributed by atoms with Crippen LogP contribution in [-0.4, -0.2) is 61.7 Å². The molecule has 10 nitrogen and oxygen atoms in total. The smallest absolute Gasteiger partial charge is 0.429 e. The van der Waals surface area contributed by atoms with Gasteiger partial charge in [0.05, 0.1) is 12.2 Å². The Kier molecular flexibility index (Phi) is 7.64. The van der Waals surface area contributed by atoms with E-state index in [0.717, 1.165) is 22.5 Å². The van der Waals surface area contributed by atoms with Crippen molar-refractivity contribution in [2.75, 3.05) is 6.61 Å². The highest BCUT2D eigenvalue weighted by Gasteiger charge is 2.88. The molecular weight excluding hydrogens is 660 g/mol. The summed E-state index contributed by atoms with van der Waals surface area (Å²) < 4.78 is 12.5. The number of aryl methyl sites for hydroxylation is 1. The Balaban J connectivity index is 1.12. The zero-order valence-corrected chi connectivity index (χ0v) is 29.7. The lowest BCUT2D eigenvalue weighted by atomic mass is 9.59. The van der Waals surface area contributed by atoms with Crippen molar-refractivity contribution in [1.82, 2.24) is 0 Å². The van der Waals surface area contributed by atoms with Crippen LogP contribution in [0.25, 0.3) is 37.3 Å². The highest BCUT2D eigenvalue weighted by Crippen LogP contribution is 2.77. The summed E-state index contributed by atoms with van der Waals surface area (Å²) in [5.74, 6) is -5.15. The van der Waals surface area contributed by atoms with Gasteiger partial charge >= 0.3 is 18.1 Å². The Morgan fingerprint density at radius 3 is 2.38 bits per heavy atom. The minimum absolute atomic E-state index is 0.0570. The SMILES string of the molecule is CC1=CC2[C@@]3(O)[C@H](C)[C@@H](OC(=O)CCCc4ccc5ccc6cccc7ccc4c5c67)[C@]4(O/C(O)=C/[N+]#N)C([C@@H]3C=C(CO)C[C@]2(O)C1=O)C4(C)C. The summed E-state index contributed by atoms with van der Waals surface area (Å²) in [4.78, 5) is 30.2. The third kappa shape index (κ3) is 4.49. The highest BCUT2D eigenvalue weighted by atomic mass is 16.6. The summed E-state index contributed by atoms with van der Waals surface area (Å²) in [6, 6.07) is 19.1. The number of ketones is 1. The van der Waals surface area contributed by atoms with Crippen LogP contribution in [0.5, 0.6) is 0 Å². The molecule has 0 bridgehead atoms. The molecule has 2 fully saturated rings. The number of esters is 1. The van der Waals surface area contributed by atoms with Gasteiger partial charge in [0.1, 0.15) is 11.7 Å². The quantitative estimate of drug-likeness (QED) is 0.0519. The fourth-order valence-corrected chi connectivity index (χ4v) is 10.7. The summed E-state index contributed by atoms with van der Waals surface area (Å²) in [6.07, 6.45) is 3.88. The number of fused-ring (bicyclic) bond motifs is 5. The zero-order chi connectivity index (χ0) is 37.0. The predicted octanol–water partition coefficient (Wildman–Crippen LogP) is 6.64. The van der Waals surface area contributed by atoms with Gasteiger partial charge in [-0.05, 0) is 68.8 Å². The molecule has 8 atom stereocenters. The van der Waals surface area contributed by atoms with E-state index >= 15 is 0 Å². The van der Waals surface area contributed by atoms with E-state index in [9.17, 15) is 35.4 Å². The lowest BCUT2D eigenvalue weighted by Crippen LogP contribution is -2.66. The van der Waals surface area contributed by atoms with Crippen molar-refractivity contribution in [1.29, 1.82) is 5.39 Å². The molecule has 0 spiro atoms. The van der Waals surface area contributed by atoms with Gasteiger partial charge < -0.3 is 29.9 Å². The van der Waals surface area contributed by atoms with Crippen LogP contribution >= 0.6 is 0 Å². The fourth-order valence-electron chi connectivity index (χ4n) is 10.7. The Morgan fingerprint density at radius 1 is 1.02 bits per heavy atom. The number of nitrogens with zero attached hydrogens (tertiary/aromatic N) is 2. The molecule has 0 aromatic heterocycles. The maximum Gasteiger partial charge on any atom is 0.429 e. The minimum atomic E-state index is -2.01. The second-order valence-electron chi connectivity index (χ2n) is 16.0. The number of hydrogen-bond donors (Lipinski definition) is 4. The molecule has 4 aromatic rings. The van der Waals surface area contributed by atoms with Crippen LogP contribution in [0.15, 0.2) is 90.0 Å². The van der Waals surface area contributed by atoms with E-state index in [-0.39, 0.29) is 12.8 Å². The molecule has 0 amide bonds. The molecular formula is C42H43N2O8+. The topological polar surface area (TPSA) is 162 Å². The monoisotopic (exact) mass is 703 g/mol. The average Bonchev–Trinajstić information content (AvgIpc) is 3.54. The second kappa shape index (κ2) is 11.6. The fraction of sp³-hybridized carbons (Fsp3) is 0.429. The molecule has 8 rings (SSSR count). The molecule has 52 heavy (non-hydrogen) atoms. The summed E-state index contributed by atoms with van der Waals surface area (Å²) in [6.45, 7) is 6.60. The normalized spacial score (nSPS) is 33.5. The van der Waals surface area contributed by atoms with Crippen molar-refractivity contribution in [3.05, 3.63) is 101 Å². The van der Waals surface area contributed by atoms with E-state index in [1.54, 1.807) is 26.0 Å². The first-order valence-electron chi connectivity index (χ1n) is 18.0. The van der Waals surface area contributed by atoms with E-state index < -0.39 is 76.3 Å². The van der Waals surface area contributed by atoms with Gasteiger partial charge in [-0.25, -0.2) is 0 Å². The van der Waals surface area contributed by atoms with Gasteiger partial charge in [0.15, 0.2) is 16.4 Å². The van der Waals surface area contributed by atoms with Crippen molar-refractivity contribution >= 4 is 44.1 Å². The summed E-state index contributed by atoms with van der Waals surface area (Å²) in [5.41, 5.74) is -4.26. The van der Waals surface area contributed by atoms with Gasteiger partial charge in [-0.1, -0.05) is 87.5 Å². The van der Waals surface area contributed by atoms with E-state index in [4.69, 9.17) is 9.47 Å². The number of carbonyl (C=O) groups excluding carboxylic acids is 2. The molecule has 2 unspecified atom stereocenters. The number of aliphatic hydroxyl groups excluding tert-OH is 2. The van der Waals surface area contributed by atoms with Crippen molar-refractivity contribution < 1.29 is 39.5 Å². The van der Waals surface area contributed by atoms with E-state index in [2.05, 4.69) is 59.6 Å². The van der Waals surface area contributed by atoms with Crippen LogP contribution in [0, 0.1) is 34.5 Å². The van der Waals surface area contributed by atoms with Gasteiger partial charge in [0.25, 0.3) is 0 Å². The van der Waals surface area contributed by atoms with Crippen LogP contribution in [0.2, 0.25) is 0 Å². The van der Waals surface area contributed by atoms with Gasteiger partial charge in [-0.2, -0.15) is 0 Å². The maximum absolute atomic E-state index is 13.9. The standard InChI is InChI=1S/C42H42N2O8/c1-22-17-31-40(49,37(22)48)19-24(21-45)18-30-36-39(3,4)42(36,52-33(47)20-44-43)38(23(2)41(30,31)50)51-32(46)10-6-7-25-11-12-28-14-13-26-8-5-9-27-15-16-29(25)35(28)34(26)27/h5,8-9,11-18,20,23,30-31,36,38,45,49-50H,6-7,10,19,21H2,1-4H3/p+1/b33-20+/t23-,30+,31?,36?,38-,40-,41-,42-/m1/s1. The maximum atomic E-state index is 13.9. The largest absolute Gasteiger partial charge is 0.476 e. The molecule has 0 aliphatic heterocycles. The summed E-state index contributed by atoms with van der Waals surface area (Å²) in [7, 11) is 0. The van der Waals surface area contributed by atoms with Gasteiger partial charge in [0, 0.05) is 41.9 Å². The second-order valence-corrected chi connectivity index (χ2v) is 16.0. The van der Waals surface area contributed by atoms with E-state index in [1.807, 2.05) is 13.8 Å². The first-order valence-corrected chi connectivity index (χ1v) is 18.0.